The monoisotopic (exact) mass is 304 g/mol. The van der Waals surface area contributed by atoms with Crippen molar-refractivity contribution >= 4 is 21.8 Å². The van der Waals surface area contributed by atoms with Gasteiger partial charge in [0.05, 0.1) is 16.9 Å². The van der Waals surface area contributed by atoms with Crippen LogP contribution in [0.1, 0.15) is 21.7 Å². The van der Waals surface area contributed by atoms with E-state index in [0.29, 0.717) is 11.4 Å². The highest BCUT2D eigenvalue weighted by atomic mass is 79.9. The maximum atomic E-state index is 11.3. The van der Waals surface area contributed by atoms with Gasteiger partial charge in [0.1, 0.15) is 6.07 Å². The molecule has 0 fully saturated rings. The van der Waals surface area contributed by atoms with Gasteiger partial charge in [-0.25, -0.2) is 4.68 Å². The van der Waals surface area contributed by atoms with E-state index in [2.05, 4.69) is 21.0 Å². The molecule has 90 valence electrons. The van der Waals surface area contributed by atoms with Gasteiger partial charge in [0.25, 0.3) is 5.91 Å². The van der Waals surface area contributed by atoms with E-state index in [0.717, 1.165) is 4.47 Å². The minimum absolute atomic E-state index is 0.151. The molecule has 0 saturated heterocycles. The number of hydrogen-bond donors (Lipinski definition) is 1. The lowest BCUT2D eigenvalue weighted by Gasteiger charge is -2.03. The Balaban J connectivity index is 2.70. The minimum Gasteiger partial charge on any atom is -0.365 e. The molecule has 0 aliphatic heterocycles. The van der Waals surface area contributed by atoms with E-state index in [4.69, 9.17) is 11.0 Å². The van der Waals surface area contributed by atoms with Crippen molar-refractivity contribution in [1.82, 2.24) is 9.78 Å². The standard InChI is InChI=1S/C12H9BrN4O/c1-7-11(12(15)18)10(6-14)17(16-7)9-4-2-3-8(13)5-9/h2-5H,1H3,(H2,15,18). The number of nitrogens with zero attached hydrogens (tertiary/aromatic N) is 3. The Kier molecular flexibility index (Phi) is 3.17. The molecule has 5 nitrogen and oxygen atoms in total. The molecule has 18 heavy (non-hydrogen) atoms. The van der Waals surface area contributed by atoms with E-state index >= 15 is 0 Å². The molecule has 0 aliphatic rings. The number of halogens is 1. The predicted octanol–water partition coefficient (Wildman–Crippen LogP) is 1.91. The third-order valence-electron chi connectivity index (χ3n) is 2.47. The number of aryl methyl sites for hydroxylation is 1. The number of rotatable bonds is 2. The Labute approximate surface area is 112 Å². The molecule has 0 spiro atoms. The third kappa shape index (κ3) is 2.00. The molecule has 0 unspecified atom stereocenters. The molecule has 1 heterocycles. The van der Waals surface area contributed by atoms with Crippen LogP contribution in [-0.2, 0) is 0 Å². The average Bonchev–Trinajstić information content (AvgIpc) is 2.66. The predicted molar refractivity (Wildman–Crippen MR) is 69.2 cm³/mol. The molecule has 6 heteroatoms. The van der Waals surface area contributed by atoms with Crippen molar-refractivity contribution in [2.75, 3.05) is 0 Å². The normalized spacial score (nSPS) is 10.1. The summed E-state index contributed by atoms with van der Waals surface area (Å²) in [5.74, 6) is -0.648. The maximum absolute atomic E-state index is 11.3. The van der Waals surface area contributed by atoms with Gasteiger partial charge in [-0.05, 0) is 25.1 Å². The number of primary amides is 1. The zero-order valence-corrected chi connectivity index (χ0v) is 11.1. The number of amides is 1. The highest BCUT2D eigenvalue weighted by Crippen LogP contribution is 2.20. The quantitative estimate of drug-likeness (QED) is 0.919. The summed E-state index contributed by atoms with van der Waals surface area (Å²) in [4.78, 5) is 11.3. The van der Waals surface area contributed by atoms with Crippen molar-refractivity contribution in [3.8, 4) is 11.8 Å². The average molecular weight is 305 g/mol. The summed E-state index contributed by atoms with van der Waals surface area (Å²) in [5, 5.41) is 13.3. The van der Waals surface area contributed by atoms with Crippen molar-refractivity contribution < 1.29 is 4.79 Å². The van der Waals surface area contributed by atoms with Crippen molar-refractivity contribution in [2.45, 2.75) is 6.92 Å². The molecular formula is C12H9BrN4O. The van der Waals surface area contributed by atoms with Crippen LogP contribution in [0.2, 0.25) is 0 Å². The molecule has 1 aromatic carbocycles. The first-order valence-electron chi connectivity index (χ1n) is 5.10. The van der Waals surface area contributed by atoms with E-state index in [1.807, 2.05) is 18.2 Å². The summed E-state index contributed by atoms with van der Waals surface area (Å²) in [6.07, 6.45) is 0. The van der Waals surface area contributed by atoms with Gasteiger partial charge in [0.2, 0.25) is 0 Å². The molecule has 2 rings (SSSR count). The van der Waals surface area contributed by atoms with Crippen LogP contribution in [0.25, 0.3) is 5.69 Å². The van der Waals surface area contributed by atoms with Crippen LogP contribution in [0.4, 0.5) is 0 Å². The molecule has 0 atom stereocenters. The molecule has 1 amide bonds. The fourth-order valence-corrected chi connectivity index (χ4v) is 2.11. The molecule has 2 N–H and O–H groups in total. The lowest BCUT2D eigenvalue weighted by molar-refractivity contribution is 0.0999. The first kappa shape index (κ1) is 12.3. The van der Waals surface area contributed by atoms with Crippen LogP contribution in [0.15, 0.2) is 28.7 Å². The van der Waals surface area contributed by atoms with Crippen LogP contribution in [-0.4, -0.2) is 15.7 Å². The maximum Gasteiger partial charge on any atom is 0.253 e. The lowest BCUT2D eigenvalue weighted by atomic mass is 10.2. The van der Waals surface area contributed by atoms with E-state index in [9.17, 15) is 4.79 Å². The SMILES string of the molecule is Cc1nn(-c2cccc(Br)c2)c(C#N)c1C(N)=O. The molecule has 2 aromatic rings. The fourth-order valence-electron chi connectivity index (χ4n) is 1.72. The second-order valence-corrected chi connectivity index (χ2v) is 4.59. The number of aromatic nitrogens is 2. The van der Waals surface area contributed by atoms with Crippen LogP contribution in [0, 0.1) is 18.3 Å². The van der Waals surface area contributed by atoms with Crippen molar-refractivity contribution in [3.05, 3.63) is 45.7 Å². The van der Waals surface area contributed by atoms with Gasteiger partial charge < -0.3 is 5.73 Å². The van der Waals surface area contributed by atoms with Crippen LogP contribution in [0.3, 0.4) is 0 Å². The van der Waals surface area contributed by atoms with Gasteiger partial charge in [-0.15, -0.1) is 0 Å². The van der Waals surface area contributed by atoms with E-state index in [1.165, 1.54) is 4.68 Å². The Hall–Kier alpha value is -2.13. The van der Waals surface area contributed by atoms with E-state index in [-0.39, 0.29) is 11.3 Å². The number of hydrogen-bond acceptors (Lipinski definition) is 3. The summed E-state index contributed by atoms with van der Waals surface area (Å²) in [7, 11) is 0. The Morgan fingerprint density at radius 3 is 2.83 bits per heavy atom. The number of carbonyl (C=O) groups is 1. The van der Waals surface area contributed by atoms with E-state index < -0.39 is 5.91 Å². The number of nitriles is 1. The third-order valence-corrected chi connectivity index (χ3v) is 2.96. The Bertz CT molecular complexity index is 669. The minimum atomic E-state index is -0.648. The Morgan fingerprint density at radius 1 is 1.56 bits per heavy atom. The second-order valence-electron chi connectivity index (χ2n) is 3.68. The molecule has 1 aromatic heterocycles. The lowest BCUT2D eigenvalue weighted by Crippen LogP contribution is -2.13. The van der Waals surface area contributed by atoms with Gasteiger partial charge in [0, 0.05) is 4.47 Å². The molecule has 0 bridgehead atoms. The zero-order valence-electron chi connectivity index (χ0n) is 9.51. The highest BCUT2D eigenvalue weighted by Gasteiger charge is 2.20. The summed E-state index contributed by atoms with van der Waals surface area (Å²) in [6, 6.07) is 9.25. The summed E-state index contributed by atoms with van der Waals surface area (Å²) < 4.78 is 2.28. The van der Waals surface area contributed by atoms with Crippen LogP contribution in [0.5, 0.6) is 0 Å². The molecule has 0 saturated carbocycles. The van der Waals surface area contributed by atoms with Crippen LogP contribution < -0.4 is 5.73 Å². The van der Waals surface area contributed by atoms with Crippen molar-refractivity contribution in [2.24, 2.45) is 5.73 Å². The first-order valence-corrected chi connectivity index (χ1v) is 5.89. The van der Waals surface area contributed by atoms with Gasteiger partial charge >= 0.3 is 0 Å². The zero-order chi connectivity index (χ0) is 13.3. The summed E-state index contributed by atoms with van der Waals surface area (Å²) >= 11 is 3.34. The first-order chi connectivity index (χ1) is 8.54. The second kappa shape index (κ2) is 4.63. The molecular weight excluding hydrogens is 296 g/mol. The topological polar surface area (TPSA) is 84.7 Å². The molecule has 0 aliphatic carbocycles. The van der Waals surface area contributed by atoms with Crippen LogP contribution >= 0.6 is 15.9 Å². The Morgan fingerprint density at radius 2 is 2.28 bits per heavy atom. The van der Waals surface area contributed by atoms with Crippen molar-refractivity contribution in [1.29, 1.82) is 5.26 Å². The van der Waals surface area contributed by atoms with E-state index in [1.54, 1.807) is 19.1 Å². The highest BCUT2D eigenvalue weighted by molar-refractivity contribution is 9.10. The number of carbonyl (C=O) groups excluding carboxylic acids is 1. The largest absolute Gasteiger partial charge is 0.365 e. The smallest absolute Gasteiger partial charge is 0.253 e. The van der Waals surface area contributed by atoms with Gasteiger partial charge in [-0.2, -0.15) is 10.4 Å². The summed E-state index contributed by atoms with van der Waals surface area (Å²) in [6.45, 7) is 1.65. The number of nitrogens with two attached hydrogens (primary N) is 1. The summed E-state index contributed by atoms with van der Waals surface area (Å²) in [5.41, 5.74) is 6.71. The van der Waals surface area contributed by atoms with Gasteiger partial charge in [-0.3, -0.25) is 4.79 Å². The van der Waals surface area contributed by atoms with Gasteiger partial charge in [-0.1, -0.05) is 22.0 Å². The van der Waals surface area contributed by atoms with Gasteiger partial charge in [0.15, 0.2) is 5.69 Å². The van der Waals surface area contributed by atoms with Crippen molar-refractivity contribution in [3.63, 3.8) is 0 Å². The fraction of sp³-hybridized carbons (Fsp3) is 0.0833. The number of benzene rings is 1. The molecule has 0 radical (unpaired) electrons.